The molecule has 0 radical (unpaired) electrons. The lowest BCUT2D eigenvalue weighted by atomic mass is 10.1. The zero-order valence-electron chi connectivity index (χ0n) is 7.69. The average Bonchev–Trinajstić information content (AvgIpc) is 2.61. The summed E-state index contributed by atoms with van der Waals surface area (Å²) >= 11 is 0. The van der Waals surface area contributed by atoms with Gasteiger partial charge in [0.2, 0.25) is 0 Å². The fourth-order valence-corrected chi connectivity index (χ4v) is 1.58. The van der Waals surface area contributed by atoms with Crippen molar-refractivity contribution in [1.82, 2.24) is 0 Å². The number of terminal acetylenes is 1. The summed E-state index contributed by atoms with van der Waals surface area (Å²) in [5.74, 6) is 3.14. The molecule has 0 aromatic heterocycles. The van der Waals surface area contributed by atoms with Gasteiger partial charge in [-0.05, 0) is 11.6 Å². The van der Waals surface area contributed by atoms with Gasteiger partial charge in [0.15, 0.2) is 11.9 Å². The Morgan fingerprint density at radius 2 is 2.36 bits per heavy atom. The quantitative estimate of drug-likeness (QED) is 0.655. The first-order chi connectivity index (χ1) is 6.81. The first kappa shape index (κ1) is 8.83. The van der Waals surface area contributed by atoms with Gasteiger partial charge < -0.3 is 4.74 Å². The van der Waals surface area contributed by atoms with E-state index in [0.717, 1.165) is 11.3 Å². The van der Waals surface area contributed by atoms with Crippen LogP contribution in [0.2, 0.25) is 0 Å². The number of carbonyl (C=O) groups is 1. The normalized spacial score (nSPS) is 18.1. The van der Waals surface area contributed by atoms with Crippen LogP contribution in [0.1, 0.15) is 12.0 Å². The Morgan fingerprint density at radius 1 is 1.57 bits per heavy atom. The highest BCUT2D eigenvalue weighted by atomic mass is 16.5. The summed E-state index contributed by atoms with van der Waals surface area (Å²) in [7, 11) is 0. The fraction of sp³-hybridized carbons (Fsp3) is 0.250. The van der Waals surface area contributed by atoms with E-state index in [9.17, 15) is 4.79 Å². The van der Waals surface area contributed by atoms with E-state index in [4.69, 9.17) is 11.2 Å². The Morgan fingerprint density at radius 3 is 3.07 bits per heavy atom. The van der Waals surface area contributed by atoms with E-state index in [1.54, 1.807) is 0 Å². The minimum Gasteiger partial charge on any atom is -0.482 e. The lowest BCUT2D eigenvalue weighted by Crippen LogP contribution is -2.24. The third-order valence-electron chi connectivity index (χ3n) is 2.28. The zero-order valence-corrected chi connectivity index (χ0v) is 7.69. The van der Waals surface area contributed by atoms with Gasteiger partial charge in [0.05, 0.1) is 6.42 Å². The van der Waals surface area contributed by atoms with Crippen LogP contribution in [0.4, 0.5) is 0 Å². The summed E-state index contributed by atoms with van der Waals surface area (Å²) in [6.07, 6.45) is 5.50. The standard InChI is InChI=1S/C12H10O2/c1-2-5-10(13)12-8-9-6-3-4-7-11(9)14-12/h1,3-4,6-7,12H,5,8H2. The Bertz CT molecular complexity index is 376. The van der Waals surface area contributed by atoms with Crippen LogP contribution in [0.15, 0.2) is 24.3 Å². The molecular weight excluding hydrogens is 176 g/mol. The van der Waals surface area contributed by atoms with E-state index in [1.807, 2.05) is 24.3 Å². The second-order valence-electron chi connectivity index (χ2n) is 3.27. The molecule has 1 unspecified atom stereocenters. The highest BCUT2D eigenvalue weighted by molar-refractivity contribution is 5.86. The van der Waals surface area contributed by atoms with Crippen molar-refractivity contribution in [3.63, 3.8) is 0 Å². The average molecular weight is 186 g/mol. The number of hydrogen-bond acceptors (Lipinski definition) is 2. The number of benzene rings is 1. The third-order valence-corrected chi connectivity index (χ3v) is 2.28. The molecule has 0 amide bonds. The van der Waals surface area contributed by atoms with Gasteiger partial charge >= 0.3 is 0 Å². The highest BCUT2D eigenvalue weighted by Crippen LogP contribution is 2.28. The molecule has 1 aromatic carbocycles. The van der Waals surface area contributed by atoms with Crippen LogP contribution in [-0.2, 0) is 11.2 Å². The second-order valence-corrected chi connectivity index (χ2v) is 3.27. The molecule has 0 fully saturated rings. The van der Waals surface area contributed by atoms with Crippen LogP contribution in [0.5, 0.6) is 5.75 Å². The number of hydrogen-bond donors (Lipinski definition) is 0. The van der Waals surface area contributed by atoms with Gasteiger partial charge in [-0.15, -0.1) is 6.42 Å². The molecule has 0 saturated carbocycles. The lowest BCUT2D eigenvalue weighted by Gasteiger charge is -2.06. The monoisotopic (exact) mass is 186 g/mol. The van der Waals surface area contributed by atoms with Crippen molar-refractivity contribution in [3.05, 3.63) is 29.8 Å². The molecule has 0 spiro atoms. The molecule has 70 valence electrons. The van der Waals surface area contributed by atoms with Crippen LogP contribution in [-0.4, -0.2) is 11.9 Å². The van der Waals surface area contributed by atoms with Crippen molar-refractivity contribution in [2.75, 3.05) is 0 Å². The highest BCUT2D eigenvalue weighted by Gasteiger charge is 2.27. The molecule has 0 bridgehead atoms. The summed E-state index contributed by atoms with van der Waals surface area (Å²) in [6, 6.07) is 7.68. The van der Waals surface area contributed by atoms with E-state index < -0.39 is 0 Å². The van der Waals surface area contributed by atoms with Gasteiger partial charge in [0.1, 0.15) is 5.75 Å². The summed E-state index contributed by atoms with van der Waals surface area (Å²) in [5, 5.41) is 0. The molecule has 1 heterocycles. The summed E-state index contributed by atoms with van der Waals surface area (Å²) in [5.41, 5.74) is 1.09. The maximum absolute atomic E-state index is 11.4. The number of ether oxygens (including phenoxy) is 1. The Kier molecular flexibility index (Phi) is 2.24. The SMILES string of the molecule is C#CCC(=O)C1Cc2ccccc2O1. The molecule has 1 aliphatic heterocycles. The van der Waals surface area contributed by atoms with Crippen LogP contribution < -0.4 is 4.74 Å². The minimum atomic E-state index is -0.372. The van der Waals surface area contributed by atoms with E-state index in [-0.39, 0.29) is 18.3 Å². The lowest BCUT2D eigenvalue weighted by molar-refractivity contribution is -0.124. The van der Waals surface area contributed by atoms with Crippen molar-refractivity contribution < 1.29 is 9.53 Å². The molecular formula is C12H10O2. The molecule has 0 aliphatic carbocycles. The molecule has 2 heteroatoms. The molecule has 2 nitrogen and oxygen atoms in total. The predicted octanol–water partition coefficient (Wildman–Crippen LogP) is 1.58. The fourth-order valence-electron chi connectivity index (χ4n) is 1.58. The number of para-hydroxylation sites is 1. The largest absolute Gasteiger partial charge is 0.482 e. The van der Waals surface area contributed by atoms with Crippen molar-refractivity contribution in [2.24, 2.45) is 0 Å². The Labute approximate surface area is 82.9 Å². The van der Waals surface area contributed by atoms with Crippen LogP contribution in [0.3, 0.4) is 0 Å². The molecule has 2 rings (SSSR count). The summed E-state index contributed by atoms with van der Waals surface area (Å²) in [6.45, 7) is 0. The first-order valence-electron chi connectivity index (χ1n) is 4.52. The van der Waals surface area contributed by atoms with Crippen LogP contribution in [0.25, 0.3) is 0 Å². The minimum absolute atomic E-state index is 0.0105. The van der Waals surface area contributed by atoms with E-state index >= 15 is 0 Å². The van der Waals surface area contributed by atoms with Crippen molar-refractivity contribution in [1.29, 1.82) is 0 Å². The van der Waals surface area contributed by atoms with Crippen LogP contribution in [0, 0.1) is 12.3 Å². The zero-order chi connectivity index (χ0) is 9.97. The van der Waals surface area contributed by atoms with Crippen molar-refractivity contribution in [2.45, 2.75) is 18.9 Å². The number of fused-ring (bicyclic) bond motifs is 1. The number of carbonyl (C=O) groups excluding carboxylic acids is 1. The van der Waals surface area contributed by atoms with Gasteiger partial charge in [-0.1, -0.05) is 24.1 Å². The third kappa shape index (κ3) is 1.49. The number of ketones is 1. The summed E-state index contributed by atoms with van der Waals surface area (Å²) < 4.78 is 5.48. The number of rotatable bonds is 2. The molecule has 1 aliphatic rings. The van der Waals surface area contributed by atoms with Crippen LogP contribution >= 0.6 is 0 Å². The second kappa shape index (κ2) is 3.55. The molecule has 14 heavy (non-hydrogen) atoms. The van der Waals surface area contributed by atoms with E-state index in [2.05, 4.69) is 5.92 Å². The van der Waals surface area contributed by atoms with Gasteiger partial charge in [0.25, 0.3) is 0 Å². The topological polar surface area (TPSA) is 26.3 Å². The van der Waals surface area contributed by atoms with Crippen molar-refractivity contribution in [3.8, 4) is 18.1 Å². The van der Waals surface area contributed by atoms with Gasteiger partial charge in [-0.3, -0.25) is 4.79 Å². The Hall–Kier alpha value is -1.75. The molecule has 1 aromatic rings. The van der Waals surface area contributed by atoms with E-state index in [1.165, 1.54) is 0 Å². The number of Topliss-reactive ketones (excluding diaryl/α,β-unsaturated/α-hetero) is 1. The maximum Gasteiger partial charge on any atom is 0.185 e. The van der Waals surface area contributed by atoms with Gasteiger partial charge in [-0.25, -0.2) is 0 Å². The smallest absolute Gasteiger partial charge is 0.185 e. The molecule has 0 saturated heterocycles. The Balaban J connectivity index is 2.12. The predicted molar refractivity (Wildman–Crippen MR) is 53.0 cm³/mol. The summed E-state index contributed by atoms with van der Waals surface area (Å²) in [4.78, 5) is 11.4. The first-order valence-corrected chi connectivity index (χ1v) is 4.52. The molecule has 0 N–H and O–H groups in total. The molecule has 1 atom stereocenters. The van der Waals surface area contributed by atoms with E-state index in [0.29, 0.717) is 6.42 Å². The maximum atomic E-state index is 11.4. The van der Waals surface area contributed by atoms with Crippen molar-refractivity contribution >= 4 is 5.78 Å². The van der Waals surface area contributed by atoms with Gasteiger partial charge in [-0.2, -0.15) is 0 Å². The van der Waals surface area contributed by atoms with Gasteiger partial charge in [0, 0.05) is 6.42 Å².